The molecule has 0 fully saturated rings. The highest BCUT2D eigenvalue weighted by Crippen LogP contribution is 2.28. The molecule has 0 atom stereocenters. The zero-order valence-electron chi connectivity index (χ0n) is 15.6. The lowest BCUT2D eigenvalue weighted by Gasteiger charge is -2.13. The Balaban J connectivity index is 1.82. The summed E-state index contributed by atoms with van der Waals surface area (Å²) in [6, 6.07) is 15.6. The minimum atomic E-state index is -0.213. The molecule has 1 N–H and O–H groups in total. The van der Waals surface area contributed by atoms with Crippen LogP contribution in [0.2, 0.25) is 5.02 Å². The number of anilines is 1. The van der Waals surface area contributed by atoms with Crippen LogP contribution in [0, 0.1) is 25.2 Å². The molecular formula is C21H19ClN4OS. The van der Waals surface area contributed by atoms with Crippen molar-refractivity contribution in [3.8, 4) is 6.07 Å². The van der Waals surface area contributed by atoms with Crippen LogP contribution in [0.15, 0.2) is 53.7 Å². The fourth-order valence-electron chi connectivity index (χ4n) is 2.87. The van der Waals surface area contributed by atoms with Gasteiger partial charge in [0.15, 0.2) is 0 Å². The lowest BCUT2D eigenvalue weighted by Crippen LogP contribution is -2.18. The van der Waals surface area contributed by atoms with Gasteiger partial charge in [-0.25, -0.2) is 4.98 Å². The van der Waals surface area contributed by atoms with Crippen molar-refractivity contribution < 1.29 is 4.79 Å². The highest BCUT2D eigenvalue weighted by atomic mass is 35.5. The second-order valence-electron chi connectivity index (χ2n) is 6.24. The SMILES string of the molecule is Cc1c(C#N)c(NC(=O)CSc2ncccc2Cl)n(Cc2ccccc2)c1C. The first-order valence-electron chi connectivity index (χ1n) is 8.68. The lowest BCUT2D eigenvalue weighted by molar-refractivity contribution is -0.113. The van der Waals surface area contributed by atoms with Gasteiger partial charge in [-0.15, -0.1) is 0 Å². The van der Waals surface area contributed by atoms with Gasteiger partial charge in [-0.3, -0.25) is 4.79 Å². The zero-order valence-corrected chi connectivity index (χ0v) is 17.1. The van der Waals surface area contributed by atoms with E-state index in [0.717, 1.165) is 16.8 Å². The van der Waals surface area contributed by atoms with Crippen molar-refractivity contribution in [1.82, 2.24) is 9.55 Å². The normalized spacial score (nSPS) is 10.5. The van der Waals surface area contributed by atoms with Crippen LogP contribution in [0.5, 0.6) is 0 Å². The number of aromatic nitrogens is 2. The van der Waals surface area contributed by atoms with E-state index in [2.05, 4.69) is 16.4 Å². The number of pyridine rings is 1. The number of hydrogen-bond donors (Lipinski definition) is 1. The standard InChI is InChI=1S/C21H19ClN4OS/c1-14-15(2)26(12-16-7-4-3-5-8-16)20(17(14)11-23)25-19(27)13-28-21-18(22)9-6-10-24-21/h3-10H,12-13H2,1-2H3,(H,25,27). The Morgan fingerprint density at radius 1 is 1.25 bits per heavy atom. The summed E-state index contributed by atoms with van der Waals surface area (Å²) in [5.74, 6) is 0.463. The van der Waals surface area contributed by atoms with Crippen molar-refractivity contribution >= 4 is 35.1 Å². The highest BCUT2D eigenvalue weighted by Gasteiger charge is 2.20. The first-order valence-corrected chi connectivity index (χ1v) is 10.0. The number of nitriles is 1. The molecule has 0 aliphatic rings. The van der Waals surface area contributed by atoms with Crippen LogP contribution in [0.25, 0.3) is 0 Å². The number of halogens is 1. The number of nitrogens with zero attached hydrogens (tertiary/aromatic N) is 3. The molecule has 1 aromatic carbocycles. The van der Waals surface area contributed by atoms with E-state index < -0.39 is 0 Å². The number of amides is 1. The van der Waals surface area contributed by atoms with Crippen molar-refractivity contribution in [3.05, 3.63) is 76.1 Å². The van der Waals surface area contributed by atoms with Crippen molar-refractivity contribution in [1.29, 1.82) is 5.26 Å². The van der Waals surface area contributed by atoms with Gasteiger partial charge in [0, 0.05) is 18.4 Å². The van der Waals surface area contributed by atoms with Crippen molar-refractivity contribution in [3.63, 3.8) is 0 Å². The van der Waals surface area contributed by atoms with Crippen LogP contribution in [-0.2, 0) is 11.3 Å². The maximum atomic E-state index is 12.6. The van der Waals surface area contributed by atoms with Crippen LogP contribution in [-0.4, -0.2) is 21.2 Å². The first-order chi connectivity index (χ1) is 13.5. The molecule has 3 rings (SSSR count). The van der Waals surface area contributed by atoms with Crippen molar-refractivity contribution in [2.24, 2.45) is 0 Å². The number of nitrogens with one attached hydrogen (secondary N) is 1. The Kier molecular flexibility index (Phi) is 6.40. The van der Waals surface area contributed by atoms with Crippen molar-refractivity contribution in [2.45, 2.75) is 25.4 Å². The molecule has 142 valence electrons. The first kappa shape index (κ1) is 20.0. The molecular weight excluding hydrogens is 392 g/mol. The quantitative estimate of drug-likeness (QED) is 0.592. The number of carbonyl (C=O) groups is 1. The van der Waals surface area contributed by atoms with E-state index in [1.54, 1.807) is 18.3 Å². The minimum absolute atomic E-state index is 0.149. The van der Waals surface area contributed by atoms with E-state index in [4.69, 9.17) is 11.6 Å². The molecule has 7 heteroatoms. The lowest BCUT2D eigenvalue weighted by atomic mass is 10.2. The van der Waals surface area contributed by atoms with Gasteiger partial charge in [-0.2, -0.15) is 5.26 Å². The summed E-state index contributed by atoms with van der Waals surface area (Å²) in [6.45, 7) is 4.43. The predicted molar refractivity (Wildman–Crippen MR) is 113 cm³/mol. The van der Waals surface area contributed by atoms with Gasteiger partial charge in [-0.1, -0.05) is 53.7 Å². The van der Waals surface area contributed by atoms with Crippen LogP contribution in [0.3, 0.4) is 0 Å². The predicted octanol–water partition coefficient (Wildman–Crippen LogP) is 4.80. The summed E-state index contributed by atoms with van der Waals surface area (Å²) in [4.78, 5) is 16.7. The second kappa shape index (κ2) is 8.96. The molecule has 5 nitrogen and oxygen atoms in total. The van der Waals surface area contributed by atoms with E-state index in [1.807, 2.05) is 48.7 Å². The number of rotatable bonds is 6. The molecule has 0 unspecified atom stereocenters. The molecule has 0 spiro atoms. The van der Waals surface area contributed by atoms with Gasteiger partial charge in [-0.05, 0) is 37.1 Å². The summed E-state index contributed by atoms with van der Waals surface area (Å²) in [5.41, 5.74) is 3.41. The summed E-state index contributed by atoms with van der Waals surface area (Å²) < 4.78 is 1.97. The van der Waals surface area contributed by atoms with Crippen LogP contribution >= 0.6 is 23.4 Å². The van der Waals surface area contributed by atoms with E-state index in [0.29, 0.717) is 28.0 Å². The largest absolute Gasteiger partial charge is 0.326 e. The third-order valence-corrected chi connectivity index (χ3v) is 5.87. The molecule has 28 heavy (non-hydrogen) atoms. The maximum absolute atomic E-state index is 12.6. The van der Waals surface area contributed by atoms with E-state index in [9.17, 15) is 10.1 Å². The number of thioether (sulfide) groups is 1. The molecule has 3 aromatic rings. The Morgan fingerprint density at radius 2 is 2.00 bits per heavy atom. The molecule has 0 bridgehead atoms. The topological polar surface area (TPSA) is 70.7 Å². The van der Waals surface area contributed by atoms with Gasteiger partial charge in [0.05, 0.1) is 16.3 Å². The summed E-state index contributed by atoms with van der Waals surface area (Å²) in [6.07, 6.45) is 1.64. The van der Waals surface area contributed by atoms with Crippen LogP contribution in [0.1, 0.15) is 22.4 Å². The third kappa shape index (κ3) is 4.38. The third-order valence-electron chi connectivity index (χ3n) is 4.45. The Labute approximate surface area is 173 Å². The van der Waals surface area contributed by atoms with Gasteiger partial charge in [0.25, 0.3) is 0 Å². The van der Waals surface area contributed by atoms with Gasteiger partial charge < -0.3 is 9.88 Å². The monoisotopic (exact) mass is 410 g/mol. The van der Waals surface area contributed by atoms with Gasteiger partial charge in [0.2, 0.25) is 5.91 Å². The fourth-order valence-corrected chi connectivity index (χ4v) is 3.84. The van der Waals surface area contributed by atoms with Crippen LogP contribution in [0.4, 0.5) is 5.82 Å². The molecule has 0 aliphatic heterocycles. The molecule has 1 amide bonds. The Bertz CT molecular complexity index is 1040. The molecule has 0 radical (unpaired) electrons. The number of hydrogen-bond acceptors (Lipinski definition) is 4. The van der Waals surface area contributed by atoms with Gasteiger partial charge in [0.1, 0.15) is 16.9 Å². The molecule has 2 aromatic heterocycles. The second-order valence-corrected chi connectivity index (χ2v) is 7.62. The van der Waals surface area contributed by atoms with E-state index in [-0.39, 0.29) is 11.7 Å². The highest BCUT2D eigenvalue weighted by molar-refractivity contribution is 8.00. The Hall–Kier alpha value is -2.75. The average Bonchev–Trinajstić information content (AvgIpc) is 2.92. The summed E-state index contributed by atoms with van der Waals surface area (Å²) >= 11 is 7.35. The molecule has 0 saturated carbocycles. The summed E-state index contributed by atoms with van der Waals surface area (Å²) in [5, 5.41) is 13.6. The smallest absolute Gasteiger partial charge is 0.235 e. The number of carbonyl (C=O) groups excluding carboxylic acids is 1. The fraction of sp³-hybridized carbons (Fsp3) is 0.190. The Morgan fingerprint density at radius 3 is 2.68 bits per heavy atom. The average molecular weight is 411 g/mol. The molecule has 0 aliphatic carbocycles. The van der Waals surface area contributed by atoms with Crippen LogP contribution < -0.4 is 5.32 Å². The summed E-state index contributed by atoms with van der Waals surface area (Å²) in [7, 11) is 0. The zero-order chi connectivity index (χ0) is 20.1. The van der Waals surface area contributed by atoms with E-state index in [1.165, 1.54) is 11.8 Å². The van der Waals surface area contributed by atoms with Crippen molar-refractivity contribution in [2.75, 3.05) is 11.1 Å². The van der Waals surface area contributed by atoms with E-state index >= 15 is 0 Å². The minimum Gasteiger partial charge on any atom is -0.326 e. The molecule has 0 saturated heterocycles. The maximum Gasteiger partial charge on any atom is 0.235 e. The number of benzene rings is 1. The van der Waals surface area contributed by atoms with Gasteiger partial charge >= 0.3 is 0 Å². The molecule has 2 heterocycles.